The van der Waals surface area contributed by atoms with Gasteiger partial charge in [-0.1, -0.05) is 49.4 Å². The third-order valence-corrected chi connectivity index (χ3v) is 9.78. The second kappa shape index (κ2) is 14.4. The topological polar surface area (TPSA) is 103 Å². The van der Waals surface area contributed by atoms with Crippen LogP contribution in [0, 0.1) is 11.8 Å². The Morgan fingerprint density at radius 3 is 2.41 bits per heavy atom. The highest BCUT2D eigenvalue weighted by molar-refractivity contribution is 5.99. The number of aliphatic hydroxyl groups is 1. The van der Waals surface area contributed by atoms with Gasteiger partial charge < -0.3 is 29.3 Å². The zero-order valence-corrected chi connectivity index (χ0v) is 26.0. The smallest absolute Gasteiger partial charge is 0.248 e. The summed E-state index contributed by atoms with van der Waals surface area (Å²) in [4.78, 5) is 50.8. The molecule has 2 unspecified atom stereocenters. The fourth-order valence-electron chi connectivity index (χ4n) is 7.82. The van der Waals surface area contributed by atoms with Gasteiger partial charge in [0.25, 0.3) is 0 Å². The largest absolute Gasteiger partial charge is 0.394 e. The van der Waals surface area contributed by atoms with Crippen LogP contribution < -0.4 is 0 Å². The summed E-state index contributed by atoms with van der Waals surface area (Å²) in [5, 5.41) is 10.7. The molecule has 0 saturated carbocycles. The number of ether oxygens (including phenoxy) is 2. The Hall–Kier alpha value is -3.05. The van der Waals surface area contributed by atoms with E-state index in [1.807, 2.05) is 37.3 Å². The maximum atomic E-state index is 14.7. The van der Waals surface area contributed by atoms with Gasteiger partial charge in [-0.25, -0.2) is 0 Å². The average molecular weight is 609 g/mol. The number of aliphatic hydroxyl groups excluding tert-OH is 1. The van der Waals surface area contributed by atoms with Crippen LogP contribution in [0.25, 0.3) is 0 Å². The molecule has 10 heteroatoms. The molecule has 4 saturated heterocycles. The third-order valence-electron chi connectivity index (χ3n) is 9.78. The van der Waals surface area contributed by atoms with E-state index in [0.717, 1.165) is 25.1 Å². The Labute approximate surface area is 261 Å². The van der Waals surface area contributed by atoms with Crippen LogP contribution in [-0.2, 0) is 30.3 Å². The Bertz CT molecular complexity index is 1190. The summed E-state index contributed by atoms with van der Waals surface area (Å²) >= 11 is 0. The highest BCUT2D eigenvalue weighted by Gasteiger charge is 2.75. The zero-order chi connectivity index (χ0) is 31.3. The van der Waals surface area contributed by atoms with Crippen molar-refractivity contribution in [3.8, 4) is 0 Å². The van der Waals surface area contributed by atoms with Gasteiger partial charge in [-0.15, -0.1) is 13.2 Å². The fraction of sp³-hybridized carbons (Fsp3) is 0.618. The van der Waals surface area contributed by atoms with Gasteiger partial charge in [-0.3, -0.25) is 19.3 Å². The Kier molecular flexibility index (Phi) is 10.6. The van der Waals surface area contributed by atoms with Crippen LogP contribution in [0.3, 0.4) is 0 Å². The number of amides is 3. The average Bonchev–Trinajstić information content (AvgIpc) is 3.69. The number of morpholine rings is 1. The summed E-state index contributed by atoms with van der Waals surface area (Å²) in [6.45, 7) is 14.8. The molecule has 4 aliphatic heterocycles. The highest BCUT2D eigenvalue weighted by Crippen LogP contribution is 2.59. The molecule has 0 aliphatic carbocycles. The fourth-order valence-corrected chi connectivity index (χ4v) is 7.82. The van der Waals surface area contributed by atoms with Gasteiger partial charge in [0, 0.05) is 45.8 Å². The van der Waals surface area contributed by atoms with Gasteiger partial charge in [0.2, 0.25) is 17.7 Å². The lowest BCUT2D eigenvalue weighted by Gasteiger charge is -2.40. The van der Waals surface area contributed by atoms with Gasteiger partial charge >= 0.3 is 0 Å². The van der Waals surface area contributed by atoms with Gasteiger partial charge in [-0.05, 0) is 31.2 Å². The van der Waals surface area contributed by atoms with E-state index in [0.29, 0.717) is 65.2 Å². The Morgan fingerprint density at radius 2 is 1.77 bits per heavy atom. The molecule has 1 N–H and O–H groups in total. The van der Waals surface area contributed by atoms with Crippen molar-refractivity contribution >= 4 is 17.7 Å². The second-order valence-corrected chi connectivity index (χ2v) is 12.4. The molecular formula is C34H48N4O6. The summed E-state index contributed by atoms with van der Waals surface area (Å²) in [5.41, 5.74) is -0.179. The Morgan fingerprint density at radius 1 is 1.09 bits per heavy atom. The first kappa shape index (κ1) is 32.3. The van der Waals surface area contributed by atoms with Crippen LogP contribution in [0.5, 0.6) is 0 Å². The van der Waals surface area contributed by atoms with Crippen LogP contribution >= 0.6 is 0 Å². The van der Waals surface area contributed by atoms with Crippen LogP contribution in [0.2, 0.25) is 0 Å². The minimum absolute atomic E-state index is 0.122. The molecule has 44 heavy (non-hydrogen) atoms. The molecule has 2 bridgehead atoms. The minimum atomic E-state index is -1.13. The lowest BCUT2D eigenvalue weighted by molar-refractivity contribution is -0.152. The molecule has 1 spiro atoms. The van der Waals surface area contributed by atoms with E-state index < -0.39 is 35.6 Å². The molecule has 0 aromatic heterocycles. The van der Waals surface area contributed by atoms with Crippen LogP contribution in [0.4, 0.5) is 0 Å². The van der Waals surface area contributed by atoms with Crippen molar-refractivity contribution in [1.29, 1.82) is 0 Å². The Balaban J connectivity index is 1.51. The quantitative estimate of drug-likeness (QED) is 0.303. The van der Waals surface area contributed by atoms with Gasteiger partial charge in [0.05, 0.1) is 43.8 Å². The van der Waals surface area contributed by atoms with E-state index in [4.69, 9.17) is 9.47 Å². The number of likely N-dealkylation sites (tertiary alicyclic amines) is 1. The zero-order valence-electron chi connectivity index (χ0n) is 26.0. The first-order valence-electron chi connectivity index (χ1n) is 16.1. The van der Waals surface area contributed by atoms with Crippen molar-refractivity contribution in [3.63, 3.8) is 0 Å². The SMILES string of the molecule is C=CCN(CCN1CCOCC1)C(=O)C1N([C@@H](CO)Cc2ccccc2)C(=O)[C@@H]2[C@H](C(=O)N(CC=C)CCC)[C@@H]3CCC12O3. The maximum Gasteiger partial charge on any atom is 0.248 e. The number of carbonyl (C=O) groups excluding carboxylic acids is 3. The summed E-state index contributed by atoms with van der Waals surface area (Å²) < 4.78 is 12.2. The number of rotatable bonds is 15. The molecule has 6 atom stereocenters. The van der Waals surface area contributed by atoms with E-state index in [1.54, 1.807) is 26.9 Å². The molecule has 4 heterocycles. The molecule has 240 valence electrons. The van der Waals surface area contributed by atoms with E-state index in [9.17, 15) is 19.5 Å². The van der Waals surface area contributed by atoms with Crippen molar-refractivity contribution in [3.05, 3.63) is 61.2 Å². The van der Waals surface area contributed by atoms with Crippen molar-refractivity contribution in [1.82, 2.24) is 19.6 Å². The predicted molar refractivity (Wildman–Crippen MR) is 167 cm³/mol. The number of carbonyl (C=O) groups is 3. The molecular weight excluding hydrogens is 560 g/mol. The van der Waals surface area contributed by atoms with Crippen LogP contribution in [0.1, 0.15) is 31.7 Å². The molecule has 4 fully saturated rings. The first-order chi connectivity index (χ1) is 21.4. The normalized spacial score (nSPS) is 28.5. The van der Waals surface area contributed by atoms with Gasteiger partial charge in [-0.2, -0.15) is 0 Å². The number of fused-ring (bicyclic) bond motifs is 1. The number of nitrogens with zero attached hydrogens (tertiary/aromatic N) is 4. The monoisotopic (exact) mass is 608 g/mol. The number of hydrogen-bond acceptors (Lipinski definition) is 7. The predicted octanol–water partition coefficient (Wildman–Crippen LogP) is 1.74. The molecule has 3 amide bonds. The highest BCUT2D eigenvalue weighted by atomic mass is 16.5. The van der Waals surface area contributed by atoms with E-state index in [-0.39, 0.29) is 24.3 Å². The third kappa shape index (κ3) is 6.09. The molecule has 5 rings (SSSR count). The number of benzene rings is 1. The standard InChI is InChI=1S/C34H48N4O6/c1-4-14-36(15-5-2)31(40)28-27-12-13-34(44-27)29(28)32(41)38(26(24-39)23-25-10-8-7-9-11-25)30(34)33(42)37(16-6-3)18-17-35-19-21-43-22-20-35/h4,6-11,26-30,39H,1,3,5,12-24H2,2H3/t26-,27+,28-,29+,30?,34?/m1/s1. The van der Waals surface area contributed by atoms with Crippen molar-refractivity contribution in [2.45, 2.75) is 56.4 Å². The van der Waals surface area contributed by atoms with E-state index in [1.165, 1.54) is 0 Å². The first-order valence-corrected chi connectivity index (χ1v) is 16.1. The molecule has 0 radical (unpaired) electrons. The molecule has 4 aliphatic rings. The lowest BCUT2D eigenvalue weighted by atomic mass is 9.70. The lowest BCUT2D eigenvalue weighted by Crippen LogP contribution is -2.59. The van der Waals surface area contributed by atoms with Gasteiger partial charge in [0.1, 0.15) is 11.6 Å². The second-order valence-electron chi connectivity index (χ2n) is 12.4. The van der Waals surface area contributed by atoms with Crippen LogP contribution in [0.15, 0.2) is 55.6 Å². The van der Waals surface area contributed by atoms with Crippen molar-refractivity contribution in [2.24, 2.45) is 11.8 Å². The van der Waals surface area contributed by atoms with Gasteiger partial charge in [0.15, 0.2) is 0 Å². The summed E-state index contributed by atoms with van der Waals surface area (Å²) in [7, 11) is 0. The van der Waals surface area contributed by atoms with Crippen molar-refractivity contribution < 1.29 is 29.0 Å². The summed E-state index contributed by atoms with van der Waals surface area (Å²) in [6.07, 6.45) is 5.25. The van der Waals surface area contributed by atoms with E-state index >= 15 is 0 Å². The number of hydrogen-bond donors (Lipinski definition) is 1. The summed E-state index contributed by atoms with van der Waals surface area (Å²) in [6, 6.07) is 8.07. The van der Waals surface area contributed by atoms with Crippen molar-refractivity contribution in [2.75, 3.05) is 65.6 Å². The van der Waals surface area contributed by atoms with Crippen LogP contribution in [-0.4, -0.2) is 132 Å². The molecule has 1 aromatic rings. The summed E-state index contributed by atoms with van der Waals surface area (Å²) in [5.74, 6) is -2.09. The molecule has 10 nitrogen and oxygen atoms in total. The maximum absolute atomic E-state index is 14.7. The minimum Gasteiger partial charge on any atom is -0.394 e. The van der Waals surface area contributed by atoms with E-state index in [2.05, 4.69) is 18.1 Å². The molecule has 1 aromatic carbocycles.